The molecular weight excluding hydrogens is 288 g/mol. The Balaban J connectivity index is 2.69. The molecule has 0 fully saturated rings. The van der Waals surface area contributed by atoms with Gasteiger partial charge in [-0.2, -0.15) is 0 Å². The Morgan fingerprint density at radius 2 is 2.13 bits per heavy atom. The van der Waals surface area contributed by atoms with Crippen LogP contribution in [0.5, 0.6) is 5.75 Å². The fourth-order valence-electron chi connectivity index (χ4n) is 2.60. The summed E-state index contributed by atoms with van der Waals surface area (Å²) in [5.74, 6) is 0.151. The van der Waals surface area contributed by atoms with Crippen molar-refractivity contribution in [3.8, 4) is 16.9 Å². The van der Waals surface area contributed by atoms with E-state index in [9.17, 15) is 9.90 Å². The molecule has 2 aromatic carbocycles. The van der Waals surface area contributed by atoms with Crippen molar-refractivity contribution >= 4 is 17.5 Å². The fourth-order valence-corrected chi connectivity index (χ4v) is 2.60. The predicted octanol–water partition coefficient (Wildman–Crippen LogP) is 3.33. The van der Waals surface area contributed by atoms with Crippen molar-refractivity contribution < 1.29 is 9.90 Å². The van der Waals surface area contributed by atoms with Gasteiger partial charge in [0.2, 0.25) is 0 Å². The Kier molecular flexibility index (Phi) is 5.20. The molecule has 0 aliphatic rings. The smallest absolute Gasteiger partial charge is 0.124 e. The molecule has 4 heteroatoms. The van der Waals surface area contributed by atoms with Crippen molar-refractivity contribution in [3.05, 3.63) is 66.4 Å². The van der Waals surface area contributed by atoms with E-state index >= 15 is 0 Å². The van der Waals surface area contributed by atoms with Crippen molar-refractivity contribution in [2.45, 2.75) is 6.42 Å². The van der Waals surface area contributed by atoms with Crippen LogP contribution in [-0.4, -0.2) is 18.4 Å². The second-order valence-electron chi connectivity index (χ2n) is 5.02. The zero-order valence-corrected chi connectivity index (χ0v) is 13.0. The first-order chi connectivity index (χ1) is 11.2. The van der Waals surface area contributed by atoms with Crippen LogP contribution in [0.25, 0.3) is 16.7 Å². The molecule has 0 unspecified atom stereocenters. The van der Waals surface area contributed by atoms with Crippen molar-refractivity contribution in [1.29, 1.82) is 0 Å². The lowest BCUT2D eigenvalue weighted by Crippen LogP contribution is -1.98. The van der Waals surface area contributed by atoms with E-state index in [-0.39, 0.29) is 5.75 Å². The molecule has 0 heterocycles. The number of hydrogen-bond acceptors (Lipinski definition) is 4. The fraction of sp³-hybridized carbons (Fsp3) is 0.105. The summed E-state index contributed by atoms with van der Waals surface area (Å²) in [5, 5.41) is 13.4. The number of nitrogens with two attached hydrogens (primary N) is 1. The van der Waals surface area contributed by atoms with Crippen molar-refractivity contribution in [3.63, 3.8) is 0 Å². The van der Waals surface area contributed by atoms with Crippen LogP contribution in [0.4, 0.5) is 5.69 Å². The molecule has 0 amide bonds. The highest BCUT2D eigenvalue weighted by atomic mass is 16.3. The van der Waals surface area contributed by atoms with E-state index in [1.807, 2.05) is 31.3 Å². The molecule has 2 rings (SSSR count). The topological polar surface area (TPSA) is 75.3 Å². The number of aldehydes is 1. The van der Waals surface area contributed by atoms with E-state index in [0.717, 1.165) is 34.2 Å². The molecule has 118 valence electrons. The summed E-state index contributed by atoms with van der Waals surface area (Å²) in [7, 11) is 1.81. The number of aromatic hydroxyl groups is 1. The summed E-state index contributed by atoms with van der Waals surface area (Å²) in [4.78, 5) is 10.9. The highest BCUT2D eigenvalue weighted by Gasteiger charge is 2.14. The molecule has 0 radical (unpaired) electrons. The summed E-state index contributed by atoms with van der Waals surface area (Å²) in [5.41, 5.74) is 10.4. The van der Waals surface area contributed by atoms with Gasteiger partial charge in [0.1, 0.15) is 12.0 Å². The highest BCUT2D eigenvalue weighted by molar-refractivity contribution is 5.89. The first kappa shape index (κ1) is 16.4. The number of carbonyl (C=O) groups is 1. The van der Waals surface area contributed by atoms with Crippen LogP contribution >= 0.6 is 0 Å². The standard InChI is InChI=1S/C19H20N2O2/c1-3-13(12-20)16-5-4-6-18(23)19(16)15-7-8-17(21-2)14(11-15)9-10-22/h3-8,10-12,21,23H,1,9,20H2,2H3/b13-12+. The molecule has 0 saturated carbocycles. The monoisotopic (exact) mass is 308 g/mol. The number of carbonyl (C=O) groups excluding carboxylic acids is 1. The van der Waals surface area contributed by atoms with E-state index in [2.05, 4.69) is 11.9 Å². The van der Waals surface area contributed by atoms with E-state index in [1.165, 1.54) is 6.20 Å². The second-order valence-corrected chi connectivity index (χ2v) is 5.02. The maximum atomic E-state index is 10.9. The van der Waals surface area contributed by atoms with Crippen LogP contribution in [0.1, 0.15) is 11.1 Å². The summed E-state index contributed by atoms with van der Waals surface area (Å²) in [6.07, 6.45) is 4.26. The van der Waals surface area contributed by atoms with Gasteiger partial charge in [0.25, 0.3) is 0 Å². The first-order valence-electron chi connectivity index (χ1n) is 7.27. The van der Waals surface area contributed by atoms with Crippen LogP contribution in [0.3, 0.4) is 0 Å². The molecule has 0 bridgehead atoms. The Morgan fingerprint density at radius 1 is 1.35 bits per heavy atom. The van der Waals surface area contributed by atoms with E-state index < -0.39 is 0 Å². The highest BCUT2D eigenvalue weighted by Crippen LogP contribution is 2.37. The van der Waals surface area contributed by atoms with Gasteiger partial charge in [-0.1, -0.05) is 30.9 Å². The van der Waals surface area contributed by atoms with E-state index in [1.54, 1.807) is 18.2 Å². The Morgan fingerprint density at radius 3 is 2.74 bits per heavy atom. The molecule has 4 N–H and O–H groups in total. The summed E-state index contributed by atoms with van der Waals surface area (Å²) < 4.78 is 0. The summed E-state index contributed by atoms with van der Waals surface area (Å²) in [6.45, 7) is 3.76. The number of phenols is 1. The van der Waals surface area contributed by atoms with Gasteiger partial charge in [-0.05, 0) is 40.5 Å². The zero-order valence-electron chi connectivity index (χ0n) is 13.0. The average molecular weight is 308 g/mol. The second kappa shape index (κ2) is 7.31. The lowest BCUT2D eigenvalue weighted by molar-refractivity contribution is -0.107. The molecule has 2 aromatic rings. The molecule has 0 aliphatic heterocycles. The molecule has 0 saturated heterocycles. The van der Waals surface area contributed by atoms with Crippen molar-refractivity contribution in [2.24, 2.45) is 5.73 Å². The Labute approximate surface area is 136 Å². The third kappa shape index (κ3) is 3.26. The van der Waals surface area contributed by atoms with Gasteiger partial charge in [0.05, 0.1) is 0 Å². The maximum Gasteiger partial charge on any atom is 0.124 e. The van der Waals surface area contributed by atoms with Gasteiger partial charge in [-0.15, -0.1) is 0 Å². The Hall–Kier alpha value is -3.01. The third-order valence-corrected chi connectivity index (χ3v) is 3.72. The molecular formula is C19H20N2O2. The number of allylic oxidation sites excluding steroid dienone is 2. The van der Waals surface area contributed by atoms with Crippen LogP contribution in [0.15, 0.2) is 55.3 Å². The minimum atomic E-state index is 0.151. The van der Waals surface area contributed by atoms with Gasteiger partial charge < -0.3 is 21.0 Å². The van der Waals surface area contributed by atoms with Crippen LogP contribution in [0.2, 0.25) is 0 Å². The minimum absolute atomic E-state index is 0.151. The maximum absolute atomic E-state index is 10.9. The lowest BCUT2D eigenvalue weighted by atomic mass is 9.92. The van der Waals surface area contributed by atoms with Gasteiger partial charge in [-0.25, -0.2) is 0 Å². The number of rotatable bonds is 6. The van der Waals surface area contributed by atoms with Gasteiger partial charge in [-0.3, -0.25) is 0 Å². The zero-order chi connectivity index (χ0) is 16.8. The van der Waals surface area contributed by atoms with Crippen LogP contribution in [-0.2, 0) is 11.2 Å². The molecule has 0 aliphatic carbocycles. The number of anilines is 1. The number of benzene rings is 2. The number of hydrogen-bond donors (Lipinski definition) is 3. The predicted molar refractivity (Wildman–Crippen MR) is 95.2 cm³/mol. The molecule has 0 atom stereocenters. The first-order valence-corrected chi connectivity index (χ1v) is 7.27. The molecule has 23 heavy (non-hydrogen) atoms. The van der Waals surface area contributed by atoms with Crippen molar-refractivity contribution in [2.75, 3.05) is 12.4 Å². The summed E-state index contributed by atoms with van der Waals surface area (Å²) >= 11 is 0. The van der Waals surface area contributed by atoms with Crippen LogP contribution < -0.4 is 11.1 Å². The van der Waals surface area contributed by atoms with E-state index in [4.69, 9.17) is 5.73 Å². The number of phenolic OH excluding ortho intramolecular Hbond substituents is 1. The summed E-state index contributed by atoms with van der Waals surface area (Å²) in [6, 6.07) is 11.0. The molecule has 0 spiro atoms. The van der Waals surface area contributed by atoms with Gasteiger partial charge in [0, 0.05) is 30.9 Å². The average Bonchev–Trinajstić information content (AvgIpc) is 2.56. The van der Waals surface area contributed by atoms with Crippen molar-refractivity contribution in [1.82, 2.24) is 0 Å². The third-order valence-electron chi connectivity index (χ3n) is 3.72. The normalized spacial score (nSPS) is 11.1. The number of nitrogens with one attached hydrogen (secondary N) is 1. The van der Waals surface area contributed by atoms with E-state index in [0.29, 0.717) is 12.0 Å². The molecule has 0 aromatic heterocycles. The Bertz CT molecular complexity index is 764. The largest absolute Gasteiger partial charge is 0.507 e. The van der Waals surface area contributed by atoms with Crippen LogP contribution in [0, 0.1) is 0 Å². The van der Waals surface area contributed by atoms with Gasteiger partial charge in [0.15, 0.2) is 0 Å². The lowest BCUT2D eigenvalue weighted by Gasteiger charge is -2.15. The minimum Gasteiger partial charge on any atom is -0.507 e. The molecule has 4 nitrogen and oxygen atoms in total. The SMILES string of the molecule is C=C/C(=C\N)c1cccc(O)c1-c1ccc(NC)c(CC=O)c1. The quantitative estimate of drug-likeness (QED) is 0.565. The van der Waals surface area contributed by atoms with Gasteiger partial charge >= 0.3 is 0 Å².